The Bertz CT molecular complexity index is 562. The zero-order valence-electron chi connectivity index (χ0n) is 21.2. The van der Waals surface area contributed by atoms with Gasteiger partial charge in [0.2, 0.25) is 0 Å². The molecule has 0 spiro atoms. The van der Waals surface area contributed by atoms with Crippen LogP contribution < -0.4 is 5.11 Å². The van der Waals surface area contributed by atoms with E-state index < -0.39 is 0 Å². The van der Waals surface area contributed by atoms with E-state index in [1.807, 2.05) is 60.6 Å². The van der Waals surface area contributed by atoms with Crippen LogP contribution in [0.5, 0.6) is 5.75 Å². The molecule has 1 aromatic rings. The SMILES string of the molecule is C[C](C)C.C[C](C)C.Cc1cc(C=NC(C)(C)C)c([O-])c(C=NC(C)(C)C)c1.[Ga]. The molecule has 0 amide bonds. The van der Waals surface area contributed by atoms with Crippen molar-refractivity contribution in [3.8, 4) is 5.75 Å². The zero-order chi connectivity index (χ0) is 22.7. The molecule has 0 heterocycles. The number of hydrogen-bond donors (Lipinski definition) is 0. The Balaban J connectivity index is -0.000000640. The molecule has 0 saturated carbocycles. The molecule has 0 aliphatic carbocycles. The maximum absolute atomic E-state index is 12.4. The van der Waals surface area contributed by atoms with Gasteiger partial charge in [-0.15, -0.1) is 0 Å². The van der Waals surface area contributed by atoms with Crippen molar-refractivity contribution in [2.24, 2.45) is 9.98 Å². The minimum Gasteiger partial charge on any atom is -0.872 e. The Hall–Kier alpha value is -1.00. The number of benzene rings is 1. The van der Waals surface area contributed by atoms with Gasteiger partial charge in [0, 0.05) is 32.2 Å². The molecular weight excluding hydrogens is 414 g/mol. The van der Waals surface area contributed by atoms with Gasteiger partial charge in [-0.1, -0.05) is 59.4 Å². The number of hydrogen-bond acceptors (Lipinski definition) is 3. The first-order valence-corrected chi connectivity index (χ1v) is 9.90. The molecule has 0 unspecified atom stereocenters. The van der Waals surface area contributed by atoms with Gasteiger partial charge in [0.15, 0.2) is 0 Å². The number of aliphatic imine (C=N–C) groups is 2. The molecule has 0 bridgehead atoms. The molecule has 3 nitrogen and oxygen atoms in total. The third-order valence-electron chi connectivity index (χ3n) is 2.47. The van der Waals surface area contributed by atoms with E-state index in [-0.39, 0.29) is 36.6 Å². The fraction of sp³-hybridized carbons (Fsp3) is 0.600. The molecule has 0 aromatic heterocycles. The topological polar surface area (TPSA) is 47.8 Å². The van der Waals surface area contributed by atoms with Crippen molar-refractivity contribution in [2.75, 3.05) is 0 Å². The zero-order valence-corrected chi connectivity index (χ0v) is 23.6. The van der Waals surface area contributed by atoms with Crippen LogP contribution in [0.2, 0.25) is 0 Å². The standard InChI is InChI=1S/C17H26N2O.2C4H9.Ga/c1-12-8-13(10-18-16(2,3)4)15(20)14(9-12)11-19-17(5,6)7;2*1-4(2)3;/h8-11,20H,1-7H3;2*1-3H3;/p-1. The molecule has 5 radical (unpaired) electrons. The quantitative estimate of drug-likeness (QED) is 0.376. The fourth-order valence-electron chi connectivity index (χ4n) is 1.55. The average Bonchev–Trinajstić information content (AvgIpc) is 2.43. The van der Waals surface area contributed by atoms with Gasteiger partial charge < -0.3 is 5.11 Å². The summed E-state index contributed by atoms with van der Waals surface area (Å²) in [5, 5.41) is 12.4. The van der Waals surface area contributed by atoms with E-state index in [1.165, 1.54) is 11.8 Å². The van der Waals surface area contributed by atoms with Crippen LogP contribution >= 0.6 is 0 Å². The minimum atomic E-state index is -0.185. The molecule has 0 aliphatic rings. The Kier molecular flexibility index (Phi) is 16.8. The minimum absolute atomic E-state index is 0. The third kappa shape index (κ3) is 23.1. The van der Waals surface area contributed by atoms with Crippen LogP contribution in [0.15, 0.2) is 22.1 Å². The van der Waals surface area contributed by atoms with Crippen LogP contribution in [0.4, 0.5) is 0 Å². The Morgan fingerprint density at radius 3 is 1.17 bits per heavy atom. The third-order valence-corrected chi connectivity index (χ3v) is 2.47. The van der Waals surface area contributed by atoms with Crippen molar-refractivity contribution in [2.45, 2.75) is 101 Å². The van der Waals surface area contributed by atoms with Gasteiger partial charge in [0.25, 0.3) is 0 Å². The van der Waals surface area contributed by atoms with Gasteiger partial charge in [-0.25, -0.2) is 0 Å². The Morgan fingerprint density at radius 1 is 0.724 bits per heavy atom. The monoisotopic (exact) mass is 456 g/mol. The molecule has 163 valence electrons. The maximum atomic E-state index is 12.4. The summed E-state index contributed by atoms with van der Waals surface area (Å²) in [5.41, 5.74) is 1.91. The van der Waals surface area contributed by atoms with E-state index in [9.17, 15) is 5.11 Å². The summed E-state index contributed by atoms with van der Waals surface area (Å²) in [4.78, 5) is 8.82. The first kappa shape index (κ1) is 32.7. The second-order valence-electron chi connectivity index (χ2n) is 10.1. The van der Waals surface area contributed by atoms with Crippen molar-refractivity contribution in [3.63, 3.8) is 0 Å². The average molecular weight is 457 g/mol. The first-order chi connectivity index (χ1) is 12.4. The molecule has 0 aliphatic heterocycles. The molecule has 1 aromatic carbocycles. The maximum Gasteiger partial charge on any atom is 0.0524 e. The molecule has 1 rings (SSSR count). The van der Waals surface area contributed by atoms with Crippen LogP contribution in [-0.2, 0) is 0 Å². The molecule has 0 N–H and O–H groups in total. The molecule has 4 heteroatoms. The van der Waals surface area contributed by atoms with Gasteiger partial charge in [0.1, 0.15) is 0 Å². The van der Waals surface area contributed by atoms with Crippen LogP contribution in [0.1, 0.15) is 99.8 Å². The van der Waals surface area contributed by atoms with Crippen LogP contribution in [0, 0.1) is 18.8 Å². The van der Waals surface area contributed by atoms with Crippen LogP contribution in [-0.4, -0.2) is 43.3 Å². The van der Waals surface area contributed by atoms with E-state index in [4.69, 9.17) is 0 Å². The summed E-state index contributed by atoms with van der Waals surface area (Å²) in [7, 11) is 0. The van der Waals surface area contributed by atoms with Crippen molar-refractivity contribution in [3.05, 3.63) is 40.7 Å². The van der Waals surface area contributed by atoms with Crippen LogP contribution in [0.3, 0.4) is 0 Å². The first-order valence-electron chi connectivity index (χ1n) is 9.90. The molecular formula is C25H43GaN2O-. The van der Waals surface area contributed by atoms with E-state index in [1.54, 1.807) is 12.4 Å². The molecule has 0 saturated heterocycles. The van der Waals surface area contributed by atoms with E-state index in [0.717, 1.165) is 5.56 Å². The van der Waals surface area contributed by atoms with Crippen molar-refractivity contribution in [1.82, 2.24) is 0 Å². The number of rotatable bonds is 2. The van der Waals surface area contributed by atoms with E-state index in [2.05, 4.69) is 51.5 Å². The van der Waals surface area contributed by atoms with E-state index in [0.29, 0.717) is 11.1 Å². The summed E-state index contributed by atoms with van der Waals surface area (Å²) in [6.45, 7) is 26.5. The van der Waals surface area contributed by atoms with Gasteiger partial charge in [0.05, 0.1) is 11.1 Å². The predicted molar refractivity (Wildman–Crippen MR) is 132 cm³/mol. The summed E-state index contributed by atoms with van der Waals surface area (Å²) >= 11 is 0. The normalized spacial score (nSPS) is 11.8. The van der Waals surface area contributed by atoms with Crippen molar-refractivity contribution < 1.29 is 5.11 Å². The van der Waals surface area contributed by atoms with Crippen LogP contribution in [0.25, 0.3) is 0 Å². The smallest absolute Gasteiger partial charge is 0.0524 e. The molecule has 29 heavy (non-hydrogen) atoms. The second-order valence-corrected chi connectivity index (χ2v) is 10.1. The Morgan fingerprint density at radius 2 is 0.966 bits per heavy atom. The van der Waals surface area contributed by atoms with Crippen molar-refractivity contribution in [1.29, 1.82) is 0 Å². The summed E-state index contributed by atoms with van der Waals surface area (Å²) in [6.07, 6.45) is 3.34. The number of nitrogens with zero attached hydrogens (tertiary/aromatic N) is 2. The second kappa shape index (κ2) is 14.9. The van der Waals surface area contributed by atoms with Gasteiger partial charge in [-0.2, -0.15) is 0 Å². The van der Waals surface area contributed by atoms with Gasteiger partial charge in [-0.05, 0) is 77.0 Å². The largest absolute Gasteiger partial charge is 0.872 e. The summed E-state index contributed by atoms with van der Waals surface area (Å²) in [6, 6.07) is 3.73. The predicted octanol–water partition coefficient (Wildman–Crippen LogP) is 6.36. The van der Waals surface area contributed by atoms with E-state index >= 15 is 0 Å². The molecule has 0 atom stereocenters. The summed E-state index contributed by atoms with van der Waals surface area (Å²) < 4.78 is 0. The van der Waals surface area contributed by atoms with Gasteiger partial charge in [-0.3, -0.25) is 9.98 Å². The summed E-state index contributed by atoms with van der Waals surface area (Å²) in [5.74, 6) is 2.82. The molecule has 0 fully saturated rings. The fourth-order valence-corrected chi connectivity index (χ4v) is 1.55. The van der Waals surface area contributed by atoms with Gasteiger partial charge >= 0.3 is 0 Å². The number of aryl methyl sites for hydroxylation is 1. The van der Waals surface area contributed by atoms with Crippen molar-refractivity contribution >= 4 is 32.2 Å². The Labute approximate surface area is 194 Å².